The molecule has 0 aliphatic carbocycles. The highest BCUT2D eigenvalue weighted by Crippen LogP contribution is 2.45. The van der Waals surface area contributed by atoms with Gasteiger partial charge in [0.1, 0.15) is 20.4 Å². The van der Waals surface area contributed by atoms with Gasteiger partial charge in [-0.1, -0.05) is 50.8 Å². The van der Waals surface area contributed by atoms with Crippen LogP contribution < -0.4 is 4.74 Å². The zero-order valence-corrected chi connectivity index (χ0v) is 21.6. The van der Waals surface area contributed by atoms with E-state index in [1.54, 1.807) is 0 Å². The topological polar surface area (TPSA) is 172 Å². The van der Waals surface area contributed by atoms with Gasteiger partial charge in [-0.3, -0.25) is 13.7 Å². The van der Waals surface area contributed by atoms with Crippen LogP contribution >= 0.6 is 0 Å². The maximum atomic E-state index is 12.3. The molecule has 0 saturated heterocycles. The average molecular weight is 557 g/mol. The molecule has 4 aromatic rings. The third-order valence-corrected chi connectivity index (χ3v) is 8.77. The van der Waals surface area contributed by atoms with Gasteiger partial charge in [0, 0.05) is 38.4 Å². The van der Waals surface area contributed by atoms with Gasteiger partial charge in [0.15, 0.2) is 0 Å². The van der Waals surface area contributed by atoms with Crippen molar-refractivity contribution in [2.45, 2.75) is 53.7 Å². The molecule has 0 saturated carbocycles. The van der Waals surface area contributed by atoms with Crippen molar-refractivity contribution < 1.29 is 43.6 Å². The summed E-state index contributed by atoms with van der Waals surface area (Å²) in [5.41, 5.74) is 0. The highest BCUT2D eigenvalue weighted by atomic mass is 32.2. The third-order valence-electron chi connectivity index (χ3n) is 6.09. The summed E-state index contributed by atoms with van der Waals surface area (Å²) in [6.07, 6.45) is 4.71. The molecular formula is C23H24O10S3. The van der Waals surface area contributed by atoms with Gasteiger partial charge in [-0.15, -0.1) is 0 Å². The van der Waals surface area contributed by atoms with Crippen molar-refractivity contribution in [2.75, 3.05) is 6.61 Å². The first kappa shape index (κ1) is 26.5. The molecule has 36 heavy (non-hydrogen) atoms. The van der Waals surface area contributed by atoms with E-state index in [2.05, 4.69) is 6.92 Å². The number of rotatable bonds is 10. The fraction of sp³-hybridized carbons (Fsp3) is 0.304. The second-order valence-electron chi connectivity index (χ2n) is 8.50. The summed E-state index contributed by atoms with van der Waals surface area (Å²) in [7, 11) is -14.7. The number of ether oxygens (including phenoxy) is 1. The van der Waals surface area contributed by atoms with E-state index in [0.717, 1.165) is 31.7 Å². The predicted octanol–water partition coefficient (Wildman–Crippen LogP) is 4.67. The lowest BCUT2D eigenvalue weighted by atomic mass is 9.93. The SMILES string of the molecule is CCCCCCCOc1cc(S(=O)(=O)O)c2ccc3c(S(=O)(=O)O)cc(S(=O)(=O)O)c4ccc1c2c43. The monoisotopic (exact) mass is 556 g/mol. The van der Waals surface area contributed by atoms with Gasteiger partial charge in [-0.25, -0.2) is 0 Å². The number of unbranched alkanes of at least 4 members (excludes halogenated alkanes) is 4. The van der Waals surface area contributed by atoms with Gasteiger partial charge in [-0.2, -0.15) is 25.3 Å². The minimum atomic E-state index is -4.96. The molecule has 0 radical (unpaired) electrons. The number of hydrogen-bond donors (Lipinski definition) is 3. The normalized spacial score (nSPS) is 13.2. The van der Waals surface area contributed by atoms with Crippen molar-refractivity contribution in [3.05, 3.63) is 36.4 Å². The molecule has 0 aliphatic heterocycles. The van der Waals surface area contributed by atoms with Crippen molar-refractivity contribution in [2.24, 2.45) is 0 Å². The highest BCUT2D eigenvalue weighted by Gasteiger charge is 2.28. The van der Waals surface area contributed by atoms with Crippen molar-refractivity contribution >= 4 is 62.7 Å². The average Bonchev–Trinajstić information content (AvgIpc) is 2.77. The van der Waals surface area contributed by atoms with E-state index in [4.69, 9.17) is 4.74 Å². The molecule has 0 heterocycles. The molecule has 0 unspecified atom stereocenters. The van der Waals surface area contributed by atoms with Crippen LogP contribution in [0, 0.1) is 0 Å². The van der Waals surface area contributed by atoms with E-state index >= 15 is 0 Å². The van der Waals surface area contributed by atoms with Crippen molar-refractivity contribution in [1.82, 2.24) is 0 Å². The van der Waals surface area contributed by atoms with Crippen LogP contribution in [0.1, 0.15) is 39.0 Å². The molecule has 4 rings (SSSR count). The Balaban J connectivity index is 2.09. The Morgan fingerprint density at radius 1 is 0.611 bits per heavy atom. The molecule has 10 nitrogen and oxygen atoms in total. The number of hydrogen-bond acceptors (Lipinski definition) is 7. The quantitative estimate of drug-likeness (QED) is 0.141. The molecule has 3 N–H and O–H groups in total. The zero-order valence-electron chi connectivity index (χ0n) is 19.1. The summed E-state index contributed by atoms with van der Waals surface area (Å²) >= 11 is 0. The number of benzene rings is 4. The molecule has 0 atom stereocenters. The van der Waals surface area contributed by atoms with Gasteiger partial charge in [0.25, 0.3) is 30.4 Å². The summed E-state index contributed by atoms with van der Waals surface area (Å²) in [5.74, 6) is 0.0886. The van der Waals surface area contributed by atoms with Crippen LogP contribution in [0.5, 0.6) is 5.75 Å². The second-order valence-corrected chi connectivity index (χ2v) is 12.7. The van der Waals surface area contributed by atoms with Gasteiger partial charge in [0.05, 0.1) is 6.61 Å². The Kier molecular flexibility index (Phi) is 6.92. The minimum Gasteiger partial charge on any atom is -0.493 e. The minimum absolute atomic E-state index is 0.0188. The van der Waals surface area contributed by atoms with Crippen LogP contribution in [0.15, 0.2) is 51.1 Å². The lowest BCUT2D eigenvalue weighted by Gasteiger charge is -2.19. The summed E-state index contributed by atoms with van der Waals surface area (Å²) in [4.78, 5) is -2.09. The fourth-order valence-electron chi connectivity index (χ4n) is 4.51. The summed E-state index contributed by atoms with van der Waals surface area (Å²) in [5, 5.41) is 0.169. The van der Waals surface area contributed by atoms with Crippen molar-refractivity contribution in [1.29, 1.82) is 0 Å². The maximum Gasteiger partial charge on any atom is 0.295 e. The van der Waals surface area contributed by atoms with E-state index in [-0.39, 0.29) is 39.3 Å². The van der Waals surface area contributed by atoms with Crippen LogP contribution in [-0.2, 0) is 30.4 Å². The van der Waals surface area contributed by atoms with Gasteiger partial charge >= 0.3 is 0 Å². The van der Waals surface area contributed by atoms with Crippen LogP contribution in [0.2, 0.25) is 0 Å². The molecule has 0 amide bonds. The molecule has 0 aromatic heterocycles. The molecule has 0 fully saturated rings. The lowest BCUT2D eigenvalue weighted by Crippen LogP contribution is -2.07. The Morgan fingerprint density at radius 3 is 1.50 bits per heavy atom. The maximum absolute atomic E-state index is 12.3. The summed E-state index contributed by atoms with van der Waals surface area (Å²) in [6.45, 7) is 2.32. The Bertz CT molecular complexity index is 1740. The van der Waals surface area contributed by atoms with Crippen molar-refractivity contribution in [3.63, 3.8) is 0 Å². The Morgan fingerprint density at radius 2 is 1.03 bits per heavy atom. The van der Waals surface area contributed by atoms with Crippen LogP contribution in [0.25, 0.3) is 32.3 Å². The van der Waals surface area contributed by atoms with E-state index in [1.165, 1.54) is 24.3 Å². The van der Waals surface area contributed by atoms with E-state index < -0.39 is 45.0 Å². The van der Waals surface area contributed by atoms with Gasteiger partial charge in [0.2, 0.25) is 0 Å². The van der Waals surface area contributed by atoms with Crippen LogP contribution in [0.4, 0.5) is 0 Å². The van der Waals surface area contributed by atoms with Crippen molar-refractivity contribution in [3.8, 4) is 5.75 Å². The lowest BCUT2D eigenvalue weighted by molar-refractivity contribution is 0.307. The molecule has 0 bridgehead atoms. The molecule has 0 aliphatic rings. The molecule has 4 aromatic carbocycles. The first-order chi connectivity index (χ1) is 16.7. The summed E-state index contributed by atoms with van der Waals surface area (Å²) < 4.78 is 108. The standard InChI is InChI=1S/C23H24O10S3/c1-2-3-4-5-6-11-33-18-12-19(34(24,25)26)15-9-10-17-21(36(30,31)32)13-20(35(27,28)29)16-8-7-14(18)22(15)23(16)17/h7-10,12-13H,2-6,11H2,1H3,(H,24,25,26)(H,27,28,29)(H,30,31,32). The largest absolute Gasteiger partial charge is 0.493 e. The van der Waals surface area contributed by atoms with Gasteiger partial charge < -0.3 is 4.74 Å². The fourth-order valence-corrected chi connectivity index (χ4v) is 6.72. The molecule has 0 spiro atoms. The van der Waals surface area contributed by atoms with Gasteiger partial charge in [-0.05, 0) is 18.6 Å². The Labute approximate surface area is 208 Å². The smallest absolute Gasteiger partial charge is 0.295 e. The van der Waals surface area contributed by atoms with Crippen LogP contribution in [-0.4, -0.2) is 45.5 Å². The van der Waals surface area contributed by atoms with Crippen LogP contribution in [0.3, 0.4) is 0 Å². The Hall–Kier alpha value is -2.55. The molecule has 13 heteroatoms. The second kappa shape index (κ2) is 9.39. The highest BCUT2D eigenvalue weighted by molar-refractivity contribution is 7.87. The van der Waals surface area contributed by atoms with E-state index in [0.29, 0.717) is 17.9 Å². The van der Waals surface area contributed by atoms with E-state index in [1.807, 2.05) is 0 Å². The third kappa shape index (κ3) is 4.86. The zero-order chi connectivity index (χ0) is 26.5. The first-order valence-corrected chi connectivity index (χ1v) is 15.4. The first-order valence-electron chi connectivity index (χ1n) is 11.1. The molecular weight excluding hydrogens is 532 g/mol. The summed E-state index contributed by atoms with van der Waals surface area (Å²) in [6, 6.07) is 7.06. The predicted molar refractivity (Wildman–Crippen MR) is 134 cm³/mol. The molecule has 194 valence electrons. The van der Waals surface area contributed by atoms with E-state index in [9.17, 15) is 38.9 Å².